The molecular weight excluding hydrogens is 146 g/mol. The van der Waals surface area contributed by atoms with Gasteiger partial charge in [0.05, 0.1) is 0 Å². The van der Waals surface area contributed by atoms with Gasteiger partial charge in [-0.05, 0) is 32.8 Å². The maximum Gasteiger partial charge on any atom is 0.0340 e. The lowest BCUT2D eigenvalue weighted by Crippen LogP contribution is -1.98. The van der Waals surface area contributed by atoms with E-state index in [1.807, 2.05) is 26.0 Å². The van der Waals surface area contributed by atoms with Crippen LogP contribution in [0.3, 0.4) is 0 Å². The minimum absolute atomic E-state index is 0.852. The van der Waals surface area contributed by atoms with E-state index in [0.29, 0.717) is 0 Å². The fraction of sp³-hybridized carbons (Fsp3) is 0.455. The first-order valence-corrected chi connectivity index (χ1v) is 4.41. The molecule has 0 aromatic carbocycles. The third-order valence-corrected chi connectivity index (χ3v) is 1.91. The van der Waals surface area contributed by atoms with Gasteiger partial charge in [0.1, 0.15) is 0 Å². The summed E-state index contributed by atoms with van der Waals surface area (Å²) in [6.45, 7) is 8.22. The highest BCUT2D eigenvalue weighted by Crippen LogP contribution is 2.10. The van der Waals surface area contributed by atoms with E-state index in [2.05, 4.69) is 19.9 Å². The molecule has 0 aromatic rings. The molecule has 0 spiro atoms. The summed E-state index contributed by atoms with van der Waals surface area (Å²) in [6.07, 6.45) is 7.17. The van der Waals surface area contributed by atoms with Crippen LogP contribution in [-0.4, -0.2) is 0 Å². The average Bonchev–Trinajstić information content (AvgIpc) is 2.12. The van der Waals surface area contributed by atoms with Crippen molar-refractivity contribution in [2.24, 2.45) is 5.73 Å². The van der Waals surface area contributed by atoms with Gasteiger partial charge in [-0.15, -0.1) is 0 Å². The number of allylic oxidation sites excluding steroid dienone is 4. The molecule has 0 radical (unpaired) electrons. The fourth-order valence-electron chi connectivity index (χ4n) is 0.868. The standard InChI is InChI=1S/C11H19N/c1-5-9(4)8-10(6-2)11(12)7-3/h6-8H,5,12H2,1-4H3/b9-8+,10-6+,11-7-. The minimum atomic E-state index is 0.852. The van der Waals surface area contributed by atoms with E-state index in [1.54, 1.807) is 0 Å². The van der Waals surface area contributed by atoms with Crippen LogP contribution in [0.4, 0.5) is 0 Å². The molecule has 12 heavy (non-hydrogen) atoms. The number of rotatable bonds is 3. The summed E-state index contributed by atoms with van der Waals surface area (Å²) in [5.74, 6) is 0. The molecule has 1 nitrogen and oxygen atoms in total. The fourth-order valence-corrected chi connectivity index (χ4v) is 0.868. The molecule has 0 unspecified atom stereocenters. The van der Waals surface area contributed by atoms with Gasteiger partial charge in [0.2, 0.25) is 0 Å². The Kier molecular flexibility index (Phi) is 5.18. The van der Waals surface area contributed by atoms with Gasteiger partial charge in [-0.1, -0.05) is 30.7 Å². The second-order valence-electron chi connectivity index (χ2n) is 2.83. The van der Waals surface area contributed by atoms with Crippen molar-refractivity contribution in [1.82, 2.24) is 0 Å². The molecule has 0 heterocycles. The maximum absolute atomic E-state index is 5.78. The van der Waals surface area contributed by atoms with E-state index in [1.165, 1.54) is 5.57 Å². The van der Waals surface area contributed by atoms with Gasteiger partial charge in [0, 0.05) is 5.70 Å². The molecule has 1 heteroatoms. The van der Waals surface area contributed by atoms with Gasteiger partial charge < -0.3 is 5.73 Å². The van der Waals surface area contributed by atoms with E-state index in [9.17, 15) is 0 Å². The van der Waals surface area contributed by atoms with Crippen LogP contribution < -0.4 is 5.73 Å². The highest BCUT2D eigenvalue weighted by atomic mass is 14.6. The highest BCUT2D eigenvalue weighted by Gasteiger charge is 1.94. The molecule has 0 aliphatic carbocycles. The Morgan fingerprint density at radius 3 is 2.17 bits per heavy atom. The zero-order valence-electron chi connectivity index (χ0n) is 8.52. The number of hydrogen-bond donors (Lipinski definition) is 1. The lowest BCUT2D eigenvalue weighted by atomic mass is 10.1. The van der Waals surface area contributed by atoms with E-state index in [0.717, 1.165) is 17.7 Å². The molecule has 0 aliphatic heterocycles. The summed E-state index contributed by atoms with van der Waals surface area (Å²) in [6, 6.07) is 0. The Morgan fingerprint density at radius 2 is 1.83 bits per heavy atom. The Balaban J connectivity index is 4.62. The van der Waals surface area contributed by atoms with E-state index < -0.39 is 0 Å². The number of nitrogens with two attached hydrogens (primary N) is 1. The molecule has 0 amide bonds. The summed E-state index contributed by atoms with van der Waals surface area (Å²) in [4.78, 5) is 0. The summed E-state index contributed by atoms with van der Waals surface area (Å²) < 4.78 is 0. The third-order valence-electron chi connectivity index (χ3n) is 1.91. The molecule has 0 rings (SSSR count). The van der Waals surface area contributed by atoms with Crippen molar-refractivity contribution in [3.05, 3.63) is 35.1 Å². The zero-order valence-corrected chi connectivity index (χ0v) is 8.52. The lowest BCUT2D eigenvalue weighted by Gasteiger charge is -2.02. The van der Waals surface area contributed by atoms with Gasteiger partial charge >= 0.3 is 0 Å². The normalized spacial score (nSPS) is 15.2. The van der Waals surface area contributed by atoms with Crippen molar-refractivity contribution >= 4 is 0 Å². The molecule has 0 fully saturated rings. The van der Waals surface area contributed by atoms with Gasteiger partial charge in [0.25, 0.3) is 0 Å². The summed E-state index contributed by atoms with van der Waals surface area (Å²) in [5.41, 5.74) is 9.11. The zero-order chi connectivity index (χ0) is 9.56. The highest BCUT2D eigenvalue weighted by molar-refractivity contribution is 5.38. The Labute approximate surface area is 75.7 Å². The Hall–Kier alpha value is -0.980. The number of hydrogen-bond acceptors (Lipinski definition) is 1. The first-order valence-electron chi connectivity index (χ1n) is 4.41. The summed E-state index contributed by atoms with van der Waals surface area (Å²) in [7, 11) is 0. The van der Waals surface area contributed by atoms with Gasteiger partial charge in [-0.2, -0.15) is 0 Å². The van der Waals surface area contributed by atoms with E-state index >= 15 is 0 Å². The lowest BCUT2D eigenvalue weighted by molar-refractivity contribution is 1.09. The van der Waals surface area contributed by atoms with Crippen molar-refractivity contribution in [3.8, 4) is 0 Å². The molecule has 0 atom stereocenters. The first kappa shape index (κ1) is 11.0. The maximum atomic E-state index is 5.78. The first-order chi connectivity index (χ1) is 5.65. The van der Waals surface area contributed by atoms with Crippen molar-refractivity contribution in [2.75, 3.05) is 0 Å². The SMILES string of the molecule is C/C=C(N)/C(/C=C(\C)CC)=C/C. The minimum Gasteiger partial charge on any atom is -0.399 e. The van der Waals surface area contributed by atoms with Crippen molar-refractivity contribution < 1.29 is 0 Å². The van der Waals surface area contributed by atoms with Gasteiger partial charge in [0.15, 0.2) is 0 Å². The van der Waals surface area contributed by atoms with Gasteiger partial charge in [-0.25, -0.2) is 0 Å². The van der Waals surface area contributed by atoms with Crippen LogP contribution in [0.5, 0.6) is 0 Å². The van der Waals surface area contributed by atoms with Crippen molar-refractivity contribution in [2.45, 2.75) is 34.1 Å². The Morgan fingerprint density at radius 1 is 1.25 bits per heavy atom. The average molecular weight is 165 g/mol. The molecule has 68 valence electrons. The second kappa shape index (κ2) is 5.64. The van der Waals surface area contributed by atoms with E-state index in [4.69, 9.17) is 5.73 Å². The smallest absolute Gasteiger partial charge is 0.0340 e. The Bertz CT molecular complexity index is 219. The second-order valence-corrected chi connectivity index (χ2v) is 2.83. The van der Waals surface area contributed by atoms with Gasteiger partial charge in [-0.3, -0.25) is 0 Å². The molecular formula is C11H19N. The molecule has 0 bridgehead atoms. The summed E-state index contributed by atoms with van der Waals surface area (Å²) in [5, 5.41) is 0. The predicted molar refractivity (Wildman–Crippen MR) is 55.7 cm³/mol. The molecule has 0 aromatic heterocycles. The van der Waals surface area contributed by atoms with Crippen LogP contribution in [-0.2, 0) is 0 Å². The predicted octanol–water partition coefficient (Wildman–Crippen LogP) is 3.15. The van der Waals surface area contributed by atoms with Crippen molar-refractivity contribution in [3.63, 3.8) is 0 Å². The molecule has 0 saturated carbocycles. The van der Waals surface area contributed by atoms with Crippen LogP contribution in [0.2, 0.25) is 0 Å². The van der Waals surface area contributed by atoms with Crippen LogP contribution in [0.15, 0.2) is 35.1 Å². The topological polar surface area (TPSA) is 26.0 Å². The molecule has 2 N–H and O–H groups in total. The van der Waals surface area contributed by atoms with Crippen LogP contribution >= 0.6 is 0 Å². The van der Waals surface area contributed by atoms with Crippen LogP contribution in [0, 0.1) is 0 Å². The van der Waals surface area contributed by atoms with Crippen molar-refractivity contribution in [1.29, 1.82) is 0 Å². The van der Waals surface area contributed by atoms with Crippen LogP contribution in [0.1, 0.15) is 34.1 Å². The molecule has 0 aliphatic rings. The molecule has 0 saturated heterocycles. The quantitative estimate of drug-likeness (QED) is 0.639. The largest absolute Gasteiger partial charge is 0.399 e. The van der Waals surface area contributed by atoms with Crippen LogP contribution in [0.25, 0.3) is 0 Å². The monoisotopic (exact) mass is 165 g/mol. The third kappa shape index (κ3) is 3.42. The van der Waals surface area contributed by atoms with E-state index in [-0.39, 0.29) is 0 Å². The summed E-state index contributed by atoms with van der Waals surface area (Å²) >= 11 is 0.